The van der Waals surface area contributed by atoms with Crippen LogP contribution in [0.3, 0.4) is 0 Å². The van der Waals surface area contributed by atoms with Crippen LogP contribution in [0, 0.1) is 0 Å². The maximum Gasteiger partial charge on any atom is 0.356 e. The molecule has 1 aliphatic rings. The van der Waals surface area contributed by atoms with Gasteiger partial charge in [0, 0.05) is 12.8 Å². The van der Waals surface area contributed by atoms with Crippen molar-refractivity contribution in [3.63, 3.8) is 0 Å². The minimum Gasteiger partial charge on any atom is -0.463 e. The van der Waals surface area contributed by atoms with Gasteiger partial charge < -0.3 is 19.3 Å². The van der Waals surface area contributed by atoms with Gasteiger partial charge in [0.25, 0.3) is 6.10 Å². The number of Topliss-reactive ketones (excluding diaryl/α,β-unsaturated/α-hetero) is 1. The third-order valence-corrected chi connectivity index (χ3v) is 8.98. The molecule has 0 radical (unpaired) electrons. The van der Waals surface area contributed by atoms with Gasteiger partial charge >= 0.3 is 17.9 Å². The molecular formula is C38H68O8. The highest BCUT2D eigenvalue weighted by Gasteiger charge is 2.49. The van der Waals surface area contributed by atoms with Crippen molar-refractivity contribution in [2.45, 2.75) is 212 Å². The van der Waals surface area contributed by atoms with Crippen molar-refractivity contribution in [1.29, 1.82) is 0 Å². The van der Waals surface area contributed by atoms with Crippen LogP contribution in [0.15, 0.2) is 0 Å². The van der Waals surface area contributed by atoms with E-state index in [0.29, 0.717) is 12.8 Å². The summed E-state index contributed by atoms with van der Waals surface area (Å²) in [6.45, 7) is 4.02. The second-order valence-corrected chi connectivity index (χ2v) is 13.4. The molecule has 0 aromatic rings. The van der Waals surface area contributed by atoms with Crippen molar-refractivity contribution in [2.75, 3.05) is 6.61 Å². The third kappa shape index (κ3) is 21.8. The summed E-state index contributed by atoms with van der Waals surface area (Å²) in [5, 5.41) is 10.3. The summed E-state index contributed by atoms with van der Waals surface area (Å²) < 4.78 is 15.2. The summed E-state index contributed by atoms with van der Waals surface area (Å²) >= 11 is 0. The fourth-order valence-electron chi connectivity index (χ4n) is 5.99. The molecule has 8 nitrogen and oxygen atoms in total. The van der Waals surface area contributed by atoms with Gasteiger partial charge in [-0.2, -0.15) is 0 Å². The van der Waals surface area contributed by atoms with E-state index in [1.54, 1.807) is 0 Å². The Bertz CT molecular complexity index is 798. The van der Waals surface area contributed by atoms with Crippen molar-refractivity contribution in [2.24, 2.45) is 0 Å². The van der Waals surface area contributed by atoms with Gasteiger partial charge in [0.15, 0.2) is 6.10 Å². The third-order valence-electron chi connectivity index (χ3n) is 8.98. The number of carbonyl (C=O) groups excluding carboxylic acids is 4. The van der Waals surface area contributed by atoms with E-state index in [9.17, 15) is 24.3 Å². The number of carbonyl (C=O) groups is 4. The minimum atomic E-state index is -1.67. The topological polar surface area (TPSA) is 116 Å². The Morgan fingerprint density at radius 2 is 0.935 bits per heavy atom. The van der Waals surface area contributed by atoms with Crippen LogP contribution in [0.25, 0.3) is 0 Å². The number of rotatable bonds is 32. The number of hydrogen-bond donors (Lipinski definition) is 1. The van der Waals surface area contributed by atoms with Crippen molar-refractivity contribution < 1.29 is 38.5 Å². The number of hydrogen-bond acceptors (Lipinski definition) is 8. The molecule has 1 rings (SSSR count). The van der Waals surface area contributed by atoms with E-state index in [1.807, 2.05) is 0 Å². The normalized spacial score (nSPS) is 16.8. The number of aliphatic hydroxyl groups is 1. The van der Waals surface area contributed by atoms with Crippen LogP contribution in [0.4, 0.5) is 0 Å². The van der Waals surface area contributed by atoms with Crippen molar-refractivity contribution >= 4 is 23.7 Å². The van der Waals surface area contributed by atoms with Crippen LogP contribution in [0.5, 0.6) is 0 Å². The minimum absolute atomic E-state index is 0.124. The van der Waals surface area contributed by atoms with Gasteiger partial charge in [-0.1, -0.05) is 168 Å². The Morgan fingerprint density at radius 1 is 0.587 bits per heavy atom. The Hall–Kier alpha value is -1.96. The highest BCUT2D eigenvalue weighted by Crippen LogP contribution is 2.20. The fraction of sp³-hybridized carbons (Fsp3) is 0.895. The molecule has 268 valence electrons. The van der Waals surface area contributed by atoms with Gasteiger partial charge in [-0.05, 0) is 12.8 Å². The van der Waals surface area contributed by atoms with Crippen LogP contribution in [0.2, 0.25) is 0 Å². The number of ketones is 1. The Kier molecular flexibility index (Phi) is 26.7. The van der Waals surface area contributed by atoms with Gasteiger partial charge in [-0.25, -0.2) is 4.79 Å². The van der Waals surface area contributed by atoms with Crippen LogP contribution in [0.1, 0.15) is 194 Å². The summed E-state index contributed by atoms with van der Waals surface area (Å²) in [6.07, 6.45) is 26.9. The maximum atomic E-state index is 12.6. The van der Waals surface area contributed by atoms with E-state index in [4.69, 9.17) is 14.2 Å². The van der Waals surface area contributed by atoms with E-state index in [-0.39, 0.29) is 12.8 Å². The first-order valence-corrected chi connectivity index (χ1v) is 19.2. The van der Waals surface area contributed by atoms with E-state index < -0.39 is 48.6 Å². The van der Waals surface area contributed by atoms with Gasteiger partial charge in [0.1, 0.15) is 12.7 Å². The zero-order valence-corrected chi connectivity index (χ0v) is 29.5. The molecule has 0 bridgehead atoms. The molecule has 0 amide bonds. The average molecular weight is 653 g/mol. The van der Waals surface area contributed by atoms with Gasteiger partial charge in [-0.15, -0.1) is 0 Å². The Balaban J connectivity index is 2.06. The van der Waals surface area contributed by atoms with Gasteiger partial charge in [-0.3, -0.25) is 14.4 Å². The molecule has 1 unspecified atom stereocenters. The van der Waals surface area contributed by atoms with Crippen molar-refractivity contribution in [3.05, 3.63) is 0 Å². The zero-order chi connectivity index (χ0) is 33.7. The molecule has 1 aliphatic heterocycles. The molecule has 1 fully saturated rings. The summed E-state index contributed by atoms with van der Waals surface area (Å²) in [5.74, 6) is -2.90. The number of aliphatic hydroxyl groups excluding tert-OH is 1. The lowest BCUT2D eigenvalue weighted by molar-refractivity contribution is -0.163. The summed E-state index contributed by atoms with van der Waals surface area (Å²) in [6, 6.07) is 0. The molecule has 3 atom stereocenters. The highest BCUT2D eigenvalue weighted by atomic mass is 16.6. The molecule has 0 aromatic heterocycles. The Labute approximate surface area is 280 Å². The number of ether oxygens (including phenoxy) is 3. The molecule has 1 N–H and O–H groups in total. The summed E-state index contributed by atoms with van der Waals surface area (Å²) in [4.78, 5) is 49.1. The number of esters is 3. The molecule has 1 saturated heterocycles. The maximum absolute atomic E-state index is 12.6. The molecule has 0 aliphatic carbocycles. The van der Waals surface area contributed by atoms with Crippen LogP contribution < -0.4 is 0 Å². The summed E-state index contributed by atoms with van der Waals surface area (Å²) in [5.41, 5.74) is 0. The van der Waals surface area contributed by atoms with Crippen LogP contribution in [-0.2, 0) is 33.4 Å². The average Bonchev–Trinajstić information content (AvgIpc) is 3.32. The molecule has 0 saturated carbocycles. The molecule has 46 heavy (non-hydrogen) atoms. The predicted octanol–water partition coefficient (Wildman–Crippen LogP) is 9.26. The van der Waals surface area contributed by atoms with Gasteiger partial charge in [0.05, 0.1) is 0 Å². The quantitative estimate of drug-likeness (QED) is 0.0331. The fourth-order valence-corrected chi connectivity index (χ4v) is 5.99. The summed E-state index contributed by atoms with van der Waals surface area (Å²) in [7, 11) is 0. The largest absolute Gasteiger partial charge is 0.463 e. The molecule has 0 aromatic carbocycles. The predicted molar refractivity (Wildman–Crippen MR) is 182 cm³/mol. The van der Waals surface area contributed by atoms with Gasteiger partial charge in [0.2, 0.25) is 5.78 Å². The van der Waals surface area contributed by atoms with E-state index >= 15 is 0 Å². The number of cyclic esters (lactones) is 1. The van der Waals surface area contributed by atoms with E-state index in [2.05, 4.69) is 13.8 Å². The first-order chi connectivity index (χ1) is 22.4. The monoisotopic (exact) mass is 652 g/mol. The Morgan fingerprint density at radius 3 is 1.33 bits per heavy atom. The first-order valence-electron chi connectivity index (χ1n) is 19.2. The lowest BCUT2D eigenvalue weighted by atomic mass is 10.0. The van der Waals surface area contributed by atoms with Crippen molar-refractivity contribution in [3.8, 4) is 0 Å². The standard InChI is InChI=1S/C38H68O8/c1-3-5-7-9-11-13-15-17-19-21-23-25-27-29-33(40)44-31-32(39)36-35(42)37(38(43)46-36)45-34(41)30-28-26-24-22-20-18-16-14-12-10-8-6-4-2/h32,36-37,39H,3-31H2,1-2H3/t32-,36+,37?/m0/s1. The lowest BCUT2D eigenvalue weighted by Crippen LogP contribution is -2.39. The molecule has 0 spiro atoms. The second kappa shape index (κ2) is 29.2. The smallest absolute Gasteiger partial charge is 0.356 e. The molecule has 1 heterocycles. The first kappa shape index (κ1) is 42.1. The molecule has 8 heteroatoms. The van der Waals surface area contributed by atoms with Crippen molar-refractivity contribution in [1.82, 2.24) is 0 Å². The van der Waals surface area contributed by atoms with Crippen LogP contribution in [-0.4, -0.2) is 53.7 Å². The highest BCUT2D eigenvalue weighted by molar-refractivity contribution is 6.10. The lowest BCUT2D eigenvalue weighted by Gasteiger charge is -2.15. The van der Waals surface area contributed by atoms with E-state index in [1.165, 1.54) is 122 Å². The number of unbranched alkanes of at least 4 members (excludes halogenated alkanes) is 24. The second-order valence-electron chi connectivity index (χ2n) is 13.4. The SMILES string of the molecule is CCCCCCCCCCCCCCCC(=O)OC[C@H](O)[C@H]1OC(=O)C(OC(=O)CCCCCCCCCCCCCCC)C1=O. The van der Waals surface area contributed by atoms with E-state index in [0.717, 1.165) is 32.1 Å². The zero-order valence-electron chi connectivity index (χ0n) is 29.5. The molecular weight excluding hydrogens is 584 g/mol. The van der Waals surface area contributed by atoms with Crippen LogP contribution >= 0.6 is 0 Å².